The van der Waals surface area contributed by atoms with E-state index in [0.29, 0.717) is 35.8 Å². The summed E-state index contributed by atoms with van der Waals surface area (Å²) in [5.41, 5.74) is 0.441. The number of piperidine rings is 1. The molecule has 0 aromatic heterocycles. The Bertz CT molecular complexity index is 515. The molecule has 1 heterocycles. The zero-order valence-electron chi connectivity index (χ0n) is 11.0. The molecule has 0 N–H and O–H groups in total. The van der Waals surface area contributed by atoms with Crippen LogP contribution in [0.1, 0.15) is 23.7 Å². The standard InChI is InChI=1S/C14H16ClNO3/c1-9-8-16(6-5-12(9)17)14(18)11-7-10(15)3-4-13(11)19-2/h3-4,7,9H,5-6,8H2,1-2H3. The van der Waals surface area contributed by atoms with E-state index in [0.717, 1.165) is 0 Å². The maximum Gasteiger partial charge on any atom is 0.257 e. The maximum absolute atomic E-state index is 12.5. The van der Waals surface area contributed by atoms with Crippen molar-refractivity contribution >= 4 is 23.3 Å². The zero-order chi connectivity index (χ0) is 14.0. The first-order valence-electron chi connectivity index (χ1n) is 6.18. The van der Waals surface area contributed by atoms with Crippen LogP contribution in [0.25, 0.3) is 0 Å². The lowest BCUT2D eigenvalue weighted by molar-refractivity contribution is -0.124. The van der Waals surface area contributed by atoms with Gasteiger partial charge in [-0.2, -0.15) is 0 Å². The van der Waals surface area contributed by atoms with Crippen molar-refractivity contribution in [2.24, 2.45) is 5.92 Å². The van der Waals surface area contributed by atoms with Crippen LogP contribution in [0.5, 0.6) is 5.75 Å². The second-order valence-corrected chi connectivity index (χ2v) is 5.15. The molecule has 5 heteroatoms. The smallest absolute Gasteiger partial charge is 0.257 e. The summed E-state index contributed by atoms with van der Waals surface area (Å²) in [5.74, 6) is 0.461. The van der Waals surface area contributed by atoms with Gasteiger partial charge in [0.25, 0.3) is 5.91 Å². The first-order chi connectivity index (χ1) is 9.02. The average molecular weight is 282 g/mol. The minimum absolute atomic E-state index is 0.108. The fraction of sp³-hybridized carbons (Fsp3) is 0.429. The molecule has 0 saturated carbocycles. The van der Waals surface area contributed by atoms with E-state index in [-0.39, 0.29) is 17.6 Å². The molecule has 1 aromatic rings. The van der Waals surface area contributed by atoms with Crippen molar-refractivity contribution in [1.82, 2.24) is 4.90 Å². The molecule has 1 saturated heterocycles. The van der Waals surface area contributed by atoms with Gasteiger partial charge in [-0.15, -0.1) is 0 Å². The van der Waals surface area contributed by atoms with Gasteiger partial charge in [-0.25, -0.2) is 0 Å². The second-order valence-electron chi connectivity index (χ2n) is 4.71. The highest BCUT2D eigenvalue weighted by Gasteiger charge is 2.28. The maximum atomic E-state index is 12.5. The molecular formula is C14H16ClNO3. The van der Waals surface area contributed by atoms with Crippen LogP contribution < -0.4 is 4.74 Å². The normalized spacial score (nSPS) is 19.4. The van der Waals surface area contributed by atoms with Gasteiger partial charge >= 0.3 is 0 Å². The van der Waals surface area contributed by atoms with Gasteiger partial charge in [0.05, 0.1) is 12.7 Å². The molecule has 2 rings (SSSR count). The molecular weight excluding hydrogens is 266 g/mol. The number of benzene rings is 1. The fourth-order valence-electron chi connectivity index (χ4n) is 2.22. The summed E-state index contributed by atoms with van der Waals surface area (Å²) in [5, 5.41) is 0.491. The number of Topliss-reactive ketones (excluding diaryl/α,β-unsaturated/α-hetero) is 1. The number of likely N-dealkylation sites (tertiary alicyclic amines) is 1. The highest BCUT2D eigenvalue weighted by molar-refractivity contribution is 6.31. The quantitative estimate of drug-likeness (QED) is 0.836. The van der Waals surface area contributed by atoms with Crippen molar-refractivity contribution in [2.45, 2.75) is 13.3 Å². The summed E-state index contributed by atoms with van der Waals surface area (Å²) < 4.78 is 5.19. The molecule has 102 valence electrons. The Hall–Kier alpha value is -1.55. The van der Waals surface area contributed by atoms with Gasteiger partial charge in [-0.3, -0.25) is 9.59 Å². The van der Waals surface area contributed by atoms with Crippen LogP contribution in [0.4, 0.5) is 0 Å². The molecule has 1 aromatic carbocycles. The summed E-state index contributed by atoms with van der Waals surface area (Å²) in [6.07, 6.45) is 0.412. The Balaban J connectivity index is 2.24. The van der Waals surface area contributed by atoms with Crippen molar-refractivity contribution in [3.63, 3.8) is 0 Å². The number of ether oxygens (including phenoxy) is 1. The van der Waals surface area contributed by atoms with Gasteiger partial charge in [-0.05, 0) is 18.2 Å². The first-order valence-corrected chi connectivity index (χ1v) is 6.56. The number of nitrogens with zero attached hydrogens (tertiary/aromatic N) is 1. The van der Waals surface area contributed by atoms with Crippen LogP contribution in [-0.4, -0.2) is 36.8 Å². The van der Waals surface area contributed by atoms with Gasteiger partial charge in [0.1, 0.15) is 11.5 Å². The van der Waals surface area contributed by atoms with Crippen molar-refractivity contribution < 1.29 is 14.3 Å². The molecule has 1 unspecified atom stereocenters. The van der Waals surface area contributed by atoms with Crippen LogP contribution >= 0.6 is 11.6 Å². The molecule has 1 amide bonds. The molecule has 1 atom stereocenters. The minimum atomic E-state index is -0.140. The Labute approximate surface area is 117 Å². The zero-order valence-corrected chi connectivity index (χ0v) is 11.7. The number of ketones is 1. The van der Waals surface area contributed by atoms with E-state index in [2.05, 4.69) is 0 Å². The summed E-state index contributed by atoms with van der Waals surface area (Å²) in [7, 11) is 1.52. The summed E-state index contributed by atoms with van der Waals surface area (Å²) in [6.45, 7) is 2.75. The third kappa shape index (κ3) is 2.89. The average Bonchev–Trinajstić information content (AvgIpc) is 2.41. The number of hydrogen-bond acceptors (Lipinski definition) is 3. The van der Waals surface area contributed by atoms with Crippen LogP contribution in [0.15, 0.2) is 18.2 Å². The number of hydrogen-bond donors (Lipinski definition) is 0. The van der Waals surface area contributed by atoms with Crippen molar-refractivity contribution in [3.8, 4) is 5.75 Å². The number of halogens is 1. The van der Waals surface area contributed by atoms with E-state index in [1.807, 2.05) is 6.92 Å². The third-order valence-electron chi connectivity index (χ3n) is 3.35. The van der Waals surface area contributed by atoms with Crippen molar-refractivity contribution in [2.75, 3.05) is 20.2 Å². The molecule has 1 aliphatic rings. The highest BCUT2D eigenvalue weighted by atomic mass is 35.5. The topological polar surface area (TPSA) is 46.6 Å². The highest BCUT2D eigenvalue weighted by Crippen LogP contribution is 2.25. The largest absolute Gasteiger partial charge is 0.496 e. The van der Waals surface area contributed by atoms with E-state index >= 15 is 0 Å². The molecule has 0 bridgehead atoms. The molecule has 1 fully saturated rings. The summed E-state index contributed by atoms with van der Waals surface area (Å²) in [4.78, 5) is 25.6. The van der Waals surface area contributed by atoms with Crippen molar-refractivity contribution in [3.05, 3.63) is 28.8 Å². The van der Waals surface area contributed by atoms with Crippen LogP contribution in [0, 0.1) is 5.92 Å². The number of carbonyl (C=O) groups is 2. The van der Waals surface area contributed by atoms with Gasteiger partial charge < -0.3 is 9.64 Å². The van der Waals surface area contributed by atoms with E-state index < -0.39 is 0 Å². The lowest BCUT2D eigenvalue weighted by Gasteiger charge is -2.30. The Morgan fingerprint density at radius 1 is 1.47 bits per heavy atom. The van der Waals surface area contributed by atoms with E-state index in [1.165, 1.54) is 7.11 Å². The monoisotopic (exact) mass is 281 g/mol. The second kappa shape index (κ2) is 5.61. The summed E-state index contributed by atoms with van der Waals surface area (Å²) >= 11 is 5.93. The van der Waals surface area contributed by atoms with E-state index in [4.69, 9.17) is 16.3 Å². The van der Waals surface area contributed by atoms with Crippen LogP contribution in [0.3, 0.4) is 0 Å². The minimum Gasteiger partial charge on any atom is -0.496 e. The molecule has 0 spiro atoms. The van der Waals surface area contributed by atoms with Crippen LogP contribution in [0.2, 0.25) is 5.02 Å². The number of rotatable bonds is 2. The lowest BCUT2D eigenvalue weighted by Crippen LogP contribution is -2.43. The van der Waals surface area contributed by atoms with Crippen molar-refractivity contribution in [1.29, 1.82) is 0 Å². The molecule has 1 aliphatic heterocycles. The molecule has 0 aliphatic carbocycles. The SMILES string of the molecule is COc1ccc(Cl)cc1C(=O)N1CCC(=O)C(C)C1. The van der Waals surface area contributed by atoms with Gasteiger partial charge in [0, 0.05) is 30.5 Å². The van der Waals surface area contributed by atoms with Gasteiger partial charge in [-0.1, -0.05) is 18.5 Å². The van der Waals surface area contributed by atoms with Gasteiger partial charge in [0.15, 0.2) is 0 Å². The number of methoxy groups -OCH3 is 1. The lowest BCUT2D eigenvalue weighted by atomic mass is 9.98. The first kappa shape index (κ1) is 13.9. The molecule has 19 heavy (non-hydrogen) atoms. The van der Waals surface area contributed by atoms with E-state index in [1.54, 1.807) is 23.1 Å². The fourth-order valence-corrected chi connectivity index (χ4v) is 2.39. The van der Waals surface area contributed by atoms with Crippen LogP contribution in [-0.2, 0) is 4.79 Å². The Morgan fingerprint density at radius 2 is 2.21 bits per heavy atom. The Morgan fingerprint density at radius 3 is 2.84 bits per heavy atom. The predicted octanol–water partition coefficient (Wildman–Crippen LogP) is 2.40. The Kier molecular flexibility index (Phi) is 4.10. The molecule has 4 nitrogen and oxygen atoms in total. The number of carbonyl (C=O) groups excluding carboxylic acids is 2. The summed E-state index contributed by atoms with van der Waals surface area (Å²) in [6, 6.07) is 4.96. The number of amides is 1. The van der Waals surface area contributed by atoms with Gasteiger partial charge in [0.2, 0.25) is 0 Å². The predicted molar refractivity (Wildman–Crippen MR) is 72.7 cm³/mol. The van der Waals surface area contributed by atoms with E-state index in [9.17, 15) is 9.59 Å². The third-order valence-corrected chi connectivity index (χ3v) is 3.59. The molecule has 0 radical (unpaired) electrons.